The molecule has 0 saturated carbocycles. The number of carbonyl (C=O) groups excluding carboxylic acids is 1. The van der Waals surface area contributed by atoms with E-state index < -0.39 is 0 Å². The molecule has 0 fully saturated rings. The van der Waals surface area contributed by atoms with Crippen molar-refractivity contribution in [2.45, 2.75) is 25.4 Å². The lowest BCUT2D eigenvalue weighted by Gasteiger charge is -2.16. The Hall–Kier alpha value is 0.130. The van der Waals surface area contributed by atoms with Crippen LogP contribution in [0.15, 0.2) is 0 Å². The van der Waals surface area contributed by atoms with E-state index in [1.54, 1.807) is 23.5 Å². The molecule has 1 unspecified atom stereocenters. The molecule has 0 bridgehead atoms. The quantitative estimate of drug-likeness (QED) is 0.690. The SMILES string of the molecule is CSCC[C@@H](N)C(=O)NC(C)CSC. The van der Waals surface area contributed by atoms with E-state index in [0.29, 0.717) is 0 Å². The Morgan fingerprint density at radius 2 is 2.07 bits per heavy atom. The highest BCUT2D eigenvalue weighted by Gasteiger charge is 2.14. The Kier molecular flexibility index (Phi) is 8.52. The highest BCUT2D eigenvalue weighted by atomic mass is 32.2. The third kappa shape index (κ3) is 6.56. The van der Waals surface area contributed by atoms with Crippen molar-refractivity contribution in [2.24, 2.45) is 5.73 Å². The highest BCUT2D eigenvalue weighted by molar-refractivity contribution is 7.98. The van der Waals surface area contributed by atoms with Crippen molar-refractivity contribution in [1.82, 2.24) is 5.32 Å². The summed E-state index contributed by atoms with van der Waals surface area (Å²) in [4.78, 5) is 11.5. The first-order valence-electron chi connectivity index (χ1n) is 4.65. The van der Waals surface area contributed by atoms with Gasteiger partial charge in [0.15, 0.2) is 0 Å². The van der Waals surface area contributed by atoms with E-state index in [1.807, 2.05) is 19.4 Å². The second-order valence-corrected chi connectivity index (χ2v) is 5.15. The molecule has 3 nitrogen and oxygen atoms in total. The second kappa shape index (κ2) is 8.44. The molecular formula is C9H20N2OS2. The minimum atomic E-state index is -0.355. The zero-order chi connectivity index (χ0) is 11.0. The predicted octanol–water partition coefficient (Wildman–Crippen LogP) is 0.934. The van der Waals surface area contributed by atoms with Crippen LogP contribution in [0.1, 0.15) is 13.3 Å². The zero-order valence-corrected chi connectivity index (χ0v) is 10.7. The molecule has 0 heterocycles. The lowest BCUT2D eigenvalue weighted by atomic mass is 10.2. The lowest BCUT2D eigenvalue weighted by molar-refractivity contribution is -0.122. The van der Waals surface area contributed by atoms with Gasteiger partial charge in [-0.15, -0.1) is 0 Å². The summed E-state index contributed by atoms with van der Waals surface area (Å²) in [6.07, 6.45) is 4.79. The summed E-state index contributed by atoms with van der Waals surface area (Å²) in [7, 11) is 0. The van der Waals surface area contributed by atoms with Crippen molar-refractivity contribution >= 4 is 29.4 Å². The fraction of sp³-hybridized carbons (Fsp3) is 0.889. The van der Waals surface area contributed by atoms with Crippen LogP contribution in [0.4, 0.5) is 0 Å². The normalized spacial score (nSPS) is 14.9. The molecule has 5 heteroatoms. The monoisotopic (exact) mass is 236 g/mol. The van der Waals surface area contributed by atoms with Crippen LogP contribution >= 0.6 is 23.5 Å². The van der Waals surface area contributed by atoms with Crippen molar-refractivity contribution in [1.29, 1.82) is 0 Å². The number of nitrogens with one attached hydrogen (secondary N) is 1. The zero-order valence-electron chi connectivity index (χ0n) is 9.08. The summed E-state index contributed by atoms with van der Waals surface area (Å²) in [6, 6.07) is -0.149. The van der Waals surface area contributed by atoms with Gasteiger partial charge in [-0.1, -0.05) is 0 Å². The van der Waals surface area contributed by atoms with E-state index in [0.717, 1.165) is 17.9 Å². The Morgan fingerprint density at radius 3 is 2.57 bits per heavy atom. The number of rotatable bonds is 7. The molecule has 0 rings (SSSR count). The summed E-state index contributed by atoms with van der Waals surface area (Å²) >= 11 is 3.43. The Morgan fingerprint density at radius 1 is 1.43 bits per heavy atom. The Labute approximate surface area is 95.0 Å². The van der Waals surface area contributed by atoms with E-state index in [2.05, 4.69) is 5.32 Å². The fourth-order valence-electron chi connectivity index (χ4n) is 1.02. The van der Waals surface area contributed by atoms with Gasteiger partial charge >= 0.3 is 0 Å². The van der Waals surface area contributed by atoms with Crippen molar-refractivity contribution in [3.8, 4) is 0 Å². The van der Waals surface area contributed by atoms with Crippen molar-refractivity contribution < 1.29 is 4.79 Å². The van der Waals surface area contributed by atoms with Crippen molar-refractivity contribution in [3.05, 3.63) is 0 Å². The molecule has 0 aromatic heterocycles. The molecule has 0 radical (unpaired) electrons. The molecule has 0 aromatic rings. The molecule has 0 aliphatic rings. The van der Waals surface area contributed by atoms with Gasteiger partial charge in [0.25, 0.3) is 0 Å². The Balaban J connectivity index is 3.71. The predicted molar refractivity (Wildman–Crippen MR) is 67.0 cm³/mol. The summed E-state index contributed by atoms with van der Waals surface area (Å²) in [5.74, 6) is 1.84. The molecule has 0 aromatic carbocycles. The van der Waals surface area contributed by atoms with E-state index >= 15 is 0 Å². The van der Waals surface area contributed by atoms with Crippen LogP contribution in [-0.2, 0) is 4.79 Å². The average molecular weight is 236 g/mol. The lowest BCUT2D eigenvalue weighted by Crippen LogP contribution is -2.45. The summed E-state index contributed by atoms with van der Waals surface area (Å²) in [6.45, 7) is 2.00. The van der Waals surface area contributed by atoms with Crippen LogP contribution in [0.3, 0.4) is 0 Å². The van der Waals surface area contributed by atoms with E-state index in [4.69, 9.17) is 5.73 Å². The number of nitrogens with two attached hydrogens (primary N) is 1. The van der Waals surface area contributed by atoms with Gasteiger partial charge in [0.05, 0.1) is 6.04 Å². The maximum absolute atomic E-state index is 11.5. The van der Waals surface area contributed by atoms with Crippen LogP contribution in [0.5, 0.6) is 0 Å². The molecule has 14 heavy (non-hydrogen) atoms. The fourth-order valence-corrected chi connectivity index (χ4v) is 2.09. The van der Waals surface area contributed by atoms with Gasteiger partial charge in [0.1, 0.15) is 0 Å². The van der Waals surface area contributed by atoms with Gasteiger partial charge in [-0.25, -0.2) is 0 Å². The topological polar surface area (TPSA) is 55.1 Å². The molecule has 1 amide bonds. The minimum absolute atomic E-state index is 0.0272. The van der Waals surface area contributed by atoms with Crippen LogP contribution < -0.4 is 11.1 Å². The van der Waals surface area contributed by atoms with Gasteiger partial charge in [0.2, 0.25) is 5.91 Å². The molecule has 0 aliphatic heterocycles. The number of hydrogen-bond acceptors (Lipinski definition) is 4. The molecule has 0 spiro atoms. The first-order chi connectivity index (χ1) is 6.61. The standard InChI is InChI=1S/C9H20N2OS2/c1-7(6-14-3)11-9(12)8(10)4-5-13-2/h7-8H,4-6,10H2,1-3H3,(H,11,12)/t7?,8-/m1/s1. The molecule has 2 atom stereocenters. The first kappa shape index (κ1) is 14.1. The van der Waals surface area contributed by atoms with Gasteiger partial charge < -0.3 is 11.1 Å². The van der Waals surface area contributed by atoms with Crippen LogP contribution in [0.2, 0.25) is 0 Å². The van der Waals surface area contributed by atoms with Crippen LogP contribution in [0, 0.1) is 0 Å². The van der Waals surface area contributed by atoms with Gasteiger partial charge in [-0.3, -0.25) is 4.79 Å². The average Bonchev–Trinajstić information content (AvgIpc) is 2.14. The maximum atomic E-state index is 11.5. The molecule has 84 valence electrons. The van der Waals surface area contributed by atoms with Crippen LogP contribution in [0.25, 0.3) is 0 Å². The Bertz CT molecular complexity index is 167. The van der Waals surface area contributed by atoms with E-state index in [-0.39, 0.29) is 18.0 Å². The second-order valence-electron chi connectivity index (χ2n) is 3.25. The number of amides is 1. The van der Waals surface area contributed by atoms with E-state index in [1.165, 1.54) is 0 Å². The van der Waals surface area contributed by atoms with Gasteiger partial charge in [-0.05, 0) is 31.6 Å². The van der Waals surface area contributed by atoms with Gasteiger partial charge in [-0.2, -0.15) is 23.5 Å². The molecule has 0 saturated heterocycles. The third-order valence-electron chi connectivity index (χ3n) is 1.78. The van der Waals surface area contributed by atoms with Gasteiger partial charge in [0, 0.05) is 11.8 Å². The summed E-state index contributed by atoms with van der Waals surface area (Å²) in [5.41, 5.74) is 5.72. The number of carbonyl (C=O) groups is 1. The van der Waals surface area contributed by atoms with Crippen molar-refractivity contribution in [3.63, 3.8) is 0 Å². The summed E-state index contributed by atoms with van der Waals surface area (Å²) in [5, 5.41) is 2.90. The minimum Gasteiger partial charge on any atom is -0.351 e. The highest BCUT2D eigenvalue weighted by Crippen LogP contribution is 2.00. The van der Waals surface area contributed by atoms with Crippen LogP contribution in [-0.4, -0.2) is 42.0 Å². The van der Waals surface area contributed by atoms with Crippen molar-refractivity contribution in [2.75, 3.05) is 24.0 Å². The number of thioether (sulfide) groups is 2. The maximum Gasteiger partial charge on any atom is 0.237 e. The summed E-state index contributed by atoms with van der Waals surface area (Å²) < 4.78 is 0. The molecule has 3 N–H and O–H groups in total. The number of hydrogen-bond donors (Lipinski definition) is 2. The largest absolute Gasteiger partial charge is 0.351 e. The third-order valence-corrected chi connectivity index (χ3v) is 3.25. The smallest absolute Gasteiger partial charge is 0.237 e. The first-order valence-corrected chi connectivity index (χ1v) is 7.44. The molecule has 0 aliphatic carbocycles. The molecular weight excluding hydrogens is 216 g/mol. The van der Waals surface area contributed by atoms with E-state index in [9.17, 15) is 4.79 Å².